The van der Waals surface area contributed by atoms with E-state index in [0.717, 1.165) is 0 Å². The van der Waals surface area contributed by atoms with E-state index in [0.29, 0.717) is 12.1 Å². The van der Waals surface area contributed by atoms with Crippen molar-refractivity contribution in [1.29, 1.82) is 0 Å². The Kier molecular flexibility index (Phi) is 2.33. The molecule has 0 aromatic carbocycles. The maximum atomic E-state index is 10.7. The summed E-state index contributed by atoms with van der Waals surface area (Å²) in [7, 11) is 0. The predicted octanol–water partition coefficient (Wildman–Crippen LogP) is 1.85. The van der Waals surface area contributed by atoms with E-state index in [9.17, 15) is 4.79 Å². The zero-order valence-corrected chi connectivity index (χ0v) is 7.46. The average Bonchev–Trinajstić information content (AvgIpc) is 2.92. The summed E-state index contributed by atoms with van der Waals surface area (Å²) in [5.74, 6) is 0. The van der Waals surface area contributed by atoms with Crippen molar-refractivity contribution in [3.8, 4) is 0 Å². The second-order valence-electron chi connectivity index (χ2n) is 4.02. The molecule has 2 aliphatic carbocycles. The van der Waals surface area contributed by atoms with Crippen LogP contribution in [0.5, 0.6) is 0 Å². The molecule has 0 spiro atoms. The van der Waals surface area contributed by atoms with E-state index in [-0.39, 0.29) is 0 Å². The molecule has 0 aromatic rings. The van der Waals surface area contributed by atoms with E-state index in [2.05, 4.69) is 6.41 Å². The Hall–Kier alpha value is -0.530. The number of carbonyl (C=O) groups excluding carboxylic acids is 1. The monoisotopic (exact) mass is 166 g/mol. The van der Waals surface area contributed by atoms with Gasteiger partial charge in [-0.1, -0.05) is 19.3 Å². The minimum atomic E-state index is 0.531. The van der Waals surface area contributed by atoms with Gasteiger partial charge in [0.2, 0.25) is 0 Å². The van der Waals surface area contributed by atoms with Gasteiger partial charge in [0.1, 0.15) is 0 Å². The first kappa shape index (κ1) is 8.09. The van der Waals surface area contributed by atoms with Gasteiger partial charge in [-0.15, -0.1) is 0 Å². The first-order chi connectivity index (χ1) is 5.92. The Morgan fingerprint density at radius 1 is 0.917 bits per heavy atom. The third-order valence-corrected chi connectivity index (χ3v) is 3.01. The van der Waals surface area contributed by atoms with Crippen LogP contribution in [0.2, 0.25) is 0 Å². The molecular weight excluding hydrogens is 150 g/mol. The van der Waals surface area contributed by atoms with Crippen LogP contribution in [-0.2, 0) is 4.79 Å². The van der Waals surface area contributed by atoms with Crippen LogP contribution < -0.4 is 0 Å². The van der Waals surface area contributed by atoms with Crippen molar-refractivity contribution < 1.29 is 4.79 Å². The summed E-state index contributed by atoms with van der Waals surface area (Å²) >= 11 is 0. The van der Waals surface area contributed by atoms with Gasteiger partial charge in [-0.05, 0) is 25.7 Å². The lowest BCUT2D eigenvalue weighted by Gasteiger charge is -2.30. The fourth-order valence-electron chi connectivity index (χ4n) is 2.16. The Morgan fingerprint density at radius 3 is 2.00 bits per heavy atom. The molecule has 2 fully saturated rings. The predicted molar refractivity (Wildman–Crippen MR) is 47.4 cm³/mol. The van der Waals surface area contributed by atoms with Crippen LogP contribution >= 0.6 is 0 Å². The molecule has 2 nitrogen and oxygen atoms in total. The number of hydrogen-bond donors (Lipinski definition) is 0. The smallest absolute Gasteiger partial charge is 0.312 e. The van der Waals surface area contributed by atoms with Gasteiger partial charge < -0.3 is 4.90 Å². The molecule has 0 unspecified atom stereocenters. The minimum absolute atomic E-state index is 0.531. The van der Waals surface area contributed by atoms with E-state index in [1.54, 1.807) is 0 Å². The van der Waals surface area contributed by atoms with Crippen LogP contribution in [0.4, 0.5) is 0 Å². The average molecular weight is 166 g/mol. The lowest BCUT2D eigenvalue weighted by molar-refractivity contribution is 0.227. The van der Waals surface area contributed by atoms with Crippen molar-refractivity contribution in [3.63, 3.8) is 0 Å². The van der Waals surface area contributed by atoms with Crippen LogP contribution in [0.15, 0.2) is 0 Å². The molecule has 0 N–H and O–H groups in total. The normalized spacial score (nSPS) is 25.3. The molecule has 2 saturated carbocycles. The van der Waals surface area contributed by atoms with Crippen molar-refractivity contribution in [2.45, 2.75) is 57.0 Å². The Morgan fingerprint density at radius 2 is 1.50 bits per heavy atom. The van der Waals surface area contributed by atoms with Crippen LogP contribution in [-0.4, -0.2) is 23.4 Å². The maximum Gasteiger partial charge on any atom is 0.312 e. The summed E-state index contributed by atoms with van der Waals surface area (Å²) < 4.78 is 0. The van der Waals surface area contributed by atoms with Gasteiger partial charge in [0.05, 0.1) is 0 Å². The second-order valence-corrected chi connectivity index (χ2v) is 4.02. The van der Waals surface area contributed by atoms with Crippen molar-refractivity contribution in [3.05, 3.63) is 0 Å². The van der Waals surface area contributed by atoms with Crippen molar-refractivity contribution in [2.24, 2.45) is 0 Å². The molecule has 0 atom stereocenters. The minimum Gasteiger partial charge on any atom is -0.328 e. The second kappa shape index (κ2) is 3.46. The van der Waals surface area contributed by atoms with Gasteiger partial charge in [0.25, 0.3) is 0 Å². The van der Waals surface area contributed by atoms with E-state index in [1.807, 2.05) is 4.90 Å². The number of amides is 1. The van der Waals surface area contributed by atoms with Crippen LogP contribution in [0, 0.1) is 0 Å². The number of hydrogen-bond acceptors (Lipinski definition) is 1. The highest BCUT2D eigenvalue weighted by Gasteiger charge is 2.33. The first-order valence-corrected chi connectivity index (χ1v) is 5.08. The number of rotatable bonds is 3. The fourth-order valence-corrected chi connectivity index (χ4v) is 2.16. The van der Waals surface area contributed by atoms with Crippen LogP contribution in [0.3, 0.4) is 0 Å². The summed E-state index contributed by atoms with van der Waals surface area (Å²) in [6.45, 7) is 0. The van der Waals surface area contributed by atoms with Gasteiger partial charge in [0, 0.05) is 12.1 Å². The molecule has 0 aromatic heterocycles. The van der Waals surface area contributed by atoms with Crippen molar-refractivity contribution in [2.75, 3.05) is 0 Å². The summed E-state index contributed by atoms with van der Waals surface area (Å²) in [6.07, 6.45) is 10.9. The van der Waals surface area contributed by atoms with E-state index in [1.165, 1.54) is 44.9 Å². The van der Waals surface area contributed by atoms with Crippen molar-refractivity contribution in [1.82, 2.24) is 4.90 Å². The standard InChI is InChI=1S/C10H16NO/c12-8-11(10-6-7-10)9-4-2-1-3-5-9/h9-10H,1-7H2. The van der Waals surface area contributed by atoms with Crippen molar-refractivity contribution >= 4 is 6.41 Å². The summed E-state index contributed by atoms with van der Waals surface area (Å²) in [6, 6.07) is 1.09. The third-order valence-electron chi connectivity index (χ3n) is 3.01. The highest BCUT2D eigenvalue weighted by atomic mass is 16.1. The lowest BCUT2D eigenvalue weighted by Crippen LogP contribution is -2.37. The molecule has 0 saturated heterocycles. The van der Waals surface area contributed by atoms with E-state index < -0.39 is 0 Å². The van der Waals surface area contributed by atoms with E-state index in [4.69, 9.17) is 0 Å². The molecule has 2 rings (SSSR count). The van der Waals surface area contributed by atoms with Gasteiger partial charge in [0.15, 0.2) is 0 Å². The molecule has 12 heavy (non-hydrogen) atoms. The molecule has 67 valence electrons. The van der Waals surface area contributed by atoms with Gasteiger partial charge >= 0.3 is 6.41 Å². The molecule has 0 bridgehead atoms. The molecule has 2 aliphatic rings. The quantitative estimate of drug-likeness (QED) is 0.586. The molecule has 2 heteroatoms. The Labute approximate surface area is 73.9 Å². The fraction of sp³-hybridized carbons (Fsp3) is 0.900. The zero-order valence-electron chi connectivity index (χ0n) is 7.46. The molecule has 1 amide bonds. The zero-order chi connectivity index (χ0) is 8.39. The Bertz CT molecular complexity index is 159. The molecule has 0 heterocycles. The summed E-state index contributed by atoms with van der Waals surface area (Å²) in [5, 5.41) is 0. The molecular formula is C10H16NO. The Balaban J connectivity index is 1.89. The lowest BCUT2D eigenvalue weighted by atomic mass is 9.94. The summed E-state index contributed by atoms with van der Waals surface area (Å²) in [5.41, 5.74) is 0. The van der Waals surface area contributed by atoms with E-state index >= 15 is 0 Å². The summed E-state index contributed by atoms with van der Waals surface area (Å²) in [4.78, 5) is 12.6. The van der Waals surface area contributed by atoms with Crippen LogP contribution in [0.1, 0.15) is 44.9 Å². The topological polar surface area (TPSA) is 20.3 Å². The van der Waals surface area contributed by atoms with Gasteiger partial charge in [-0.2, -0.15) is 0 Å². The molecule has 1 radical (unpaired) electrons. The maximum absolute atomic E-state index is 10.7. The molecule has 0 aliphatic heterocycles. The van der Waals surface area contributed by atoms with Crippen LogP contribution in [0.25, 0.3) is 0 Å². The highest BCUT2D eigenvalue weighted by molar-refractivity contribution is 5.50. The van der Waals surface area contributed by atoms with Gasteiger partial charge in [-0.3, -0.25) is 4.79 Å². The van der Waals surface area contributed by atoms with Gasteiger partial charge in [-0.25, -0.2) is 0 Å². The third kappa shape index (κ3) is 1.62. The SMILES string of the molecule is O=[C]N(C1CCCCC1)C1CC1. The first-order valence-electron chi connectivity index (χ1n) is 5.08. The number of nitrogens with zero attached hydrogens (tertiary/aromatic N) is 1. The highest BCUT2D eigenvalue weighted by Crippen LogP contribution is 2.32. The largest absolute Gasteiger partial charge is 0.328 e.